The molecule has 0 aromatic heterocycles. The Morgan fingerprint density at radius 1 is 1.14 bits per heavy atom. The summed E-state index contributed by atoms with van der Waals surface area (Å²) in [5.74, 6) is -1.38. The van der Waals surface area contributed by atoms with Crippen LogP contribution in [0.3, 0.4) is 0 Å². The van der Waals surface area contributed by atoms with Crippen LogP contribution in [0.15, 0.2) is 18.2 Å². The van der Waals surface area contributed by atoms with E-state index in [1.807, 2.05) is 4.90 Å². The van der Waals surface area contributed by atoms with E-state index in [4.69, 9.17) is 10.2 Å². The van der Waals surface area contributed by atoms with E-state index in [1.165, 1.54) is 6.07 Å². The van der Waals surface area contributed by atoms with E-state index in [0.717, 1.165) is 6.07 Å². The van der Waals surface area contributed by atoms with E-state index in [1.54, 1.807) is 4.90 Å². The van der Waals surface area contributed by atoms with Crippen LogP contribution in [0.5, 0.6) is 0 Å². The summed E-state index contributed by atoms with van der Waals surface area (Å²) < 4.78 is 38.7. The van der Waals surface area contributed by atoms with E-state index in [2.05, 4.69) is 0 Å². The van der Waals surface area contributed by atoms with Gasteiger partial charge >= 0.3 is 12.1 Å². The van der Waals surface area contributed by atoms with Gasteiger partial charge in [-0.2, -0.15) is 13.2 Å². The first-order valence-electron chi connectivity index (χ1n) is 6.85. The van der Waals surface area contributed by atoms with E-state index in [-0.39, 0.29) is 17.9 Å². The molecule has 1 fully saturated rings. The number of hydrogen-bond donors (Lipinski definition) is 2. The van der Waals surface area contributed by atoms with Crippen molar-refractivity contribution in [1.82, 2.24) is 4.90 Å². The normalized spacial score (nSPS) is 16.8. The fourth-order valence-electron chi connectivity index (χ4n) is 2.45. The number of nitrogens with zero attached hydrogens (tertiary/aromatic N) is 2. The van der Waals surface area contributed by atoms with Crippen LogP contribution in [0, 0.1) is 0 Å². The number of piperazine rings is 1. The van der Waals surface area contributed by atoms with Crippen molar-refractivity contribution < 1.29 is 28.2 Å². The molecular formula is C14H17F3N2O3. The zero-order valence-electron chi connectivity index (χ0n) is 11.8. The number of aliphatic hydroxyl groups excluding tert-OH is 1. The molecule has 0 saturated carbocycles. The number of alkyl halides is 3. The summed E-state index contributed by atoms with van der Waals surface area (Å²) in [5, 5.41) is 17.9. The molecule has 0 radical (unpaired) electrons. The lowest BCUT2D eigenvalue weighted by atomic mass is 10.1. The molecule has 8 heteroatoms. The second-order valence-electron chi connectivity index (χ2n) is 5.12. The van der Waals surface area contributed by atoms with Gasteiger partial charge < -0.3 is 15.1 Å². The largest absolute Gasteiger partial charge is 0.478 e. The molecule has 1 aromatic rings. The fourth-order valence-corrected chi connectivity index (χ4v) is 2.45. The summed E-state index contributed by atoms with van der Waals surface area (Å²) in [7, 11) is 0. The van der Waals surface area contributed by atoms with Crippen molar-refractivity contribution in [3.63, 3.8) is 0 Å². The van der Waals surface area contributed by atoms with Gasteiger partial charge in [0.15, 0.2) is 0 Å². The molecule has 2 rings (SSSR count). The standard InChI is InChI=1S/C14H17F3N2O3/c15-14(16,17)11-7-10(13(21)22)8-12(9-11)19-3-1-18(2-4-19)5-6-20/h7-9,20H,1-6H2,(H,21,22). The fraction of sp³-hybridized carbons (Fsp3) is 0.500. The van der Waals surface area contributed by atoms with Crippen LogP contribution >= 0.6 is 0 Å². The van der Waals surface area contributed by atoms with Gasteiger partial charge in [0.05, 0.1) is 17.7 Å². The molecule has 1 aliphatic heterocycles. The second-order valence-corrected chi connectivity index (χ2v) is 5.12. The van der Waals surface area contributed by atoms with Crippen LogP contribution in [-0.2, 0) is 6.18 Å². The Morgan fingerprint density at radius 3 is 2.27 bits per heavy atom. The van der Waals surface area contributed by atoms with Crippen molar-refractivity contribution in [1.29, 1.82) is 0 Å². The Labute approximate surface area is 125 Å². The highest BCUT2D eigenvalue weighted by atomic mass is 19.4. The molecule has 0 unspecified atom stereocenters. The van der Waals surface area contributed by atoms with Crippen molar-refractivity contribution in [2.45, 2.75) is 6.18 Å². The number of rotatable bonds is 4. The first-order chi connectivity index (χ1) is 10.3. The number of hydrogen-bond acceptors (Lipinski definition) is 4. The smallest absolute Gasteiger partial charge is 0.416 e. The first kappa shape index (κ1) is 16.6. The second kappa shape index (κ2) is 6.53. The monoisotopic (exact) mass is 318 g/mol. The minimum atomic E-state index is -4.58. The summed E-state index contributed by atoms with van der Waals surface area (Å²) in [6.45, 7) is 2.75. The lowest BCUT2D eigenvalue weighted by Gasteiger charge is -2.36. The van der Waals surface area contributed by atoms with Crippen LogP contribution in [0.4, 0.5) is 18.9 Å². The van der Waals surface area contributed by atoms with E-state index in [9.17, 15) is 18.0 Å². The molecule has 0 spiro atoms. The van der Waals surface area contributed by atoms with E-state index in [0.29, 0.717) is 38.8 Å². The van der Waals surface area contributed by atoms with Gasteiger partial charge in [-0.05, 0) is 18.2 Å². The summed E-state index contributed by atoms with van der Waals surface area (Å²) >= 11 is 0. The minimum absolute atomic E-state index is 0.0344. The molecular weight excluding hydrogens is 301 g/mol. The lowest BCUT2D eigenvalue weighted by molar-refractivity contribution is -0.137. The average molecular weight is 318 g/mol. The van der Waals surface area contributed by atoms with Gasteiger partial charge in [0.1, 0.15) is 0 Å². The zero-order chi connectivity index (χ0) is 16.3. The number of aliphatic hydroxyl groups is 1. The highest BCUT2D eigenvalue weighted by molar-refractivity contribution is 5.89. The van der Waals surface area contributed by atoms with Gasteiger partial charge in [0.2, 0.25) is 0 Å². The molecule has 0 aliphatic carbocycles. The highest BCUT2D eigenvalue weighted by Gasteiger charge is 2.32. The third kappa shape index (κ3) is 3.89. The third-order valence-corrected chi connectivity index (χ3v) is 3.65. The molecule has 5 nitrogen and oxygen atoms in total. The molecule has 0 atom stereocenters. The molecule has 1 aromatic carbocycles. The van der Waals surface area contributed by atoms with Gasteiger partial charge in [-0.1, -0.05) is 0 Å². The van der Waals surface area contributed by atoms with E-state index >= 15 is 0 Å². The van der Waals surface area contributed by atoms with Crippen LogP contribution in [0.2, 0.25) is 0 Å². The van der Waals surface area contributed by atoms with Gasteiger partial charge in [0, 0.05) is 38.4 Å². The molecule has 1 saturated heterocycles. The Bertz CT molecular complexity index is 541. The molecule has 1 heterocycles. The van der Waals surface area contributed by atoms with Crippen LogP contribution in [-0.4, -0.2) is 60.4 Å². The van der Waals surface area contributed by atoms with Crippen LogP contribution < -0.4 is 4.90 Å². The number of halogens is 3. The van der Waals surface area contributed by atoms with Crippen molar-refractivity contribution in [2.24, 2.45) is 0 Å². The number of benzene rings is 1. The Kier molecular flexibility index (Phi) is 4.92. The summed E-state index contributed by atoms with van der Waals surface area (Å²) in [5.41, 5.74) is -1.07. The minimum Gasteiger partial charge on any atom is -0.478 e. The molecule has 1 aliphatic rings. The van der Waals surface area contributed by atoms with Crippen LogP contribution in [0.1, 0.15) is 15.9 Å². The third-order valence-electron chi connectivity index (χ3n) is 3.65. The molecule has 122 valence electrons. The molecule has 22 heavy (non-hydrogen) atoms. The highest BCUT2D eigenvalue weighted by Crippen LogP contribution is 2.33. The van der Waals surface area contributed by atoms with Gasteiger partial charge in [-0.3, -0.25) is 4.90 Å². The topological polar surface area (TPSA) is 64.0 Å². The SMILES string of the molecule is O=C(O)c1cc(N2CCN(CCO)CC2)cc(C(F)(F)F)c1. The molecule has 0 bridgehead atoms. The van der Waals surface area contributed by atoms with Crippen molar-refractivity contribution >= 4 is 11.7 Å². The average Bonchev–Trinajstić information content (AvgIpc) is 2.47. The van der Waals surface area contributed by atoms with Gasteiger partial charge in [0.25, 0.3) is 0 Å². The predicted molar refractivity (Wildman–Crippen MR) is 74.1 cm³/mol. The molecule has 0 amide bonds. The lowest BCUT2D eigenvalue weighted by Crippen LogP contribution is -2.47. The Hall–Kier alpha value is -1.80. The summed E-state index contributed by atoms with van der Waals surface area (Å²) in [6.07, 6.45) is -4.58. The number of carbonyl (C=O) groups is 1. The summed E-state index contributed by atoms with van der Waals surface area (Å²) in [6, 6.07) is 2.89. The van der Waals surface area contributed by atoms with Gasteiger partial charge in [-0.15, -0.1) is 0 Å². The number of β-amino-alcohol motifs (C(OH)–C–C–N with tert-alkyl or cyclic N) is 1. The summed E-state index contributed by atoms with van der Waals surface area (Å²) in [4.78, 5) is 14.8. The number of carboxylic acid groups (broad SMARTS) is 1. The number of aromatic carboxylic acids is 1. The maximum Gasteiger partial charge on any atom is 0.416 e. The van der Waals surface area contributed by atoms with Crippen LogP contribution in [0.25, 0.3) is 0 Å². The number of carboxylic acids is 1. The van der Waals surface area contributed by atoms with Crippen molar-refractivity contribution in [3.05, 3.63) is 29.3 Å². The Balaban J connectivity index is 2.24. The zero-order valence-corrected chi connectivity index (χ0v) is 11.8. The van der Waals surface area contributed by atoms with Crippen molar-refractivity contribution in [3.8, 4) is 0 Å². The van der Waals surface area contributed by atoms with Crippen molar-refractivity contribution in [2.75, 3.05) is 44.2 Å². The first-order valence-corrected chi connectivity index (χ1v) is 6.85. The maximum atomic E-state index is 12.9. The number of anilines is 1. The predicted octanol–water partition coefficient (Wildman–Crippen LogP) is 1.52. The van der Waals surface area contributed by atoms with Gasteiger partial charge in [-0.25, -0.2) is 4.79 Å². The molecule has 2 N–H and O–H groups in total. The Morgan fingerprint density at radius 2 is 1.77 bits per heavy atom. The quantitative estimate of drug-likeness (QED) is 0.881. The van der Waals surface area contributed by atoms with E-state index < -0.39 is 17.7 Å². The maximum absolute atomic E-state index is 12.9.